The van der Waals surface area contributed by atoms with Crippen LogP contribution in [0.1, 0.15) is 5.69 Å². The molecule has 0 radical (unpaired) electrons. The van der Waals surface area contributed by atoms with E-state index in [1.807, 2.05) is 17.0 Å². The molecule has 82 valence electrons. The number of aliphatic hydroxyl groups excluding tert-OH is 2. The van der Waals surface area contributed by atoms with Gasteiger partial charge in [0.1, 0.15) is 0 Å². The van der Waals surface area contributed by atoms with Gasteiger partial charge in [0, 0.05) is 19.6 Å². The Morgan fingerprint density at radius 3 is 2.47 bits per heavy atom. The van der Waals surface area contributed by atoms with Gasteiger partial charge in [0.2, 0.25) is 0 Å². The van der Waals surface area contributed by atoms with Crippen LogP contribution < -0.4 is 10.6 Å². The van der Waals surface area contributed by atoms with Crippen molar-refractivity contribution in [3.05, 3.63) is 24.0 Å². The summed E-state index contributed by atoms with van der Waals surface area (Å²) in [5.74, 6) is 0. The Morgan fingerprint density at radius 2 is 2.00 bits per heavy atom. The number of aliphatic hydroxyl groups is 2. The lowest BCUT2D eigenvalue weighted by atomic mass is 10.3. The summed E-state index contributed by atoms with van der Waals surface area (Å²) in [7, 11) is 0. The van der Waals surface area contributed by atoms with Crippen LogP contribution in [0.2, 0.25) is 0 Å². The fraction of sp³-hybridized carbons (Fsp3) is 0.500. The van der Waals surface area contributed by atoms with Crippen LogP contribution in [-0.4, -0.2) is 40.5 Å². The van der Waals surface area contributed by atoms with Gasteiger partial charge in [-0.3, -0.25) is 4.98 Å². The van der Waals surface area contributed by atoms with Crippen molar-refractivity contribution in [2.24, 2.45) is 5.73 Å². The maximum Gasteiger partial charge on any atom is 0.0990 e. The van der Waals surface area contributed by atoms with Gasteiger partial charge in [-0.2, -0.15) is 0 Å². The van der Waals surface area contributed by atoms with Crippen LogP contribution in [0.25, 0.3) is 0 Å². The van der Waals surface area contributed by atoms with Crippen LogP contribution in [0, 0.1) is 0 Å². The Bertz CT molecular complexity index is 318. The SMILES string of the molecule is NCc1ccc(N2CC(O)C(O)C2)cn1. The van der Waals surface area contributed by atoms with E-state index in [-0.39, 0.29) is 0 Å². The molecule has 1 saturated heterocycles. The Balaban J connectivity index is 2.10. The van der Waals surface area contributed by atoms with E-state index in [1.54, 1.807) is 6.20 Å². The topological polar surface area (TPSA) is 82.6 Å². The predicted octanol–water partition coefficient (Wildman–Crippen LogP) is -0.918. The standard InChI is InChI=1S/C10H15N3O2/c11-3-7-1-2-8(4-12-7)13-5-9(14)10(15)6-13/h1-2,4,9-10,14-15H,3,5-6,11H2. The first-order valence-corrected chi connectivity index (χ1v) is 4.97. The lowest BCUT2D eigenvalue weighted by molar-refractivity contribution is 0.0572. The van der Waals surface area contributed by atoms with E-state index in [2.05, 4.69) is 4.98 Å². The van der Waals surface area contributed by atoms with Crippen molar-refractivity contribution in [3.63, 3.8) is 0 Å². The zero-order chi connectivity index (χ0) is 10.8. The number of hydrogen-bond acceptors (Lipinski definition) is 5. The average molecular weight is 209 g/mol. The average Bonchev–Trinajstić information content (AvgIpc) is 2.59. The fourth-order valence-corrected chi connectivity index (χ4v) is 1.70. The van der Waals surface area contributed by atoms with Crippen molar-refractivity contribution in [3.8, 4) is 0 Å². The minimum Gasteiger partial charge on any atom is -0.389 e. The molecule has 1 aromatic heterocycles. The van der Waals surface area contributed by atoms with Crippen molar-refractivity contribution in [1.29, 1.82) is 0 Å². The third-order valence-corrected chi connectivity index (χ3v) is 2.64. The molecule has 4 N–H and O–H groups in total. The van der Waals surface area contributed by atoms with Crippen LogP contribution >= 0.6 is 0 Å². The molecule has 2 unspecified atom stereocenters. The van der Waals surface area contributed by atoms with Gasteiger partial charge in [-0.15, -0.1) is 0 Å². The number of pyridine rings is 1. The highest BCUT2D eigenvalue weighted by molar-refractivity contribution is 5.46. The van der Waals surface area contributed by atoms with E-state index in [0.717, 1.165) is 11.4 Å². The van der Waals surface area contributed by atoms with Crippen molar-refractivity contribution >= 4 is 5.69 Å². The van der Waals surface area contributed by atoms with E-state index >= 15 is 0 Å². The van der Waals surface area contributed by atoms with Crippen LogP contribution in [-0.2, 0) is 6.54 Å². The van der Waals surface area contributed by atoms with Gasteiger partial charge in [0.15, 0.2) is 0 Å². The summed E-state index contributed by atoms with van der Waals surface area (Å²) in [6, 6.07) is 3.76. The molecule has 2 heterocycles. The first-order chi connectivity index (χ1) is 7.20. The number of aromatic nitrogens is 1. The van der Waals surface area contributed by atoms with E-state index < -0.39 is 12.2 Å². The summed E-state index contributed by atoms with van der Waals surface area (Å²) < 4.78 is 0. The Hall–Kier alpha value is -1.17. The number of β-amino-alcohol motifs (C(OH)–C–C–N with tert-alkyl or cyclic N) is 2. The largest absolute Gasteiger partial charge is 0.389 e. The molecule has 1 aromatic rings. The monoisotopic (exact) mass is 209 g/mol. The molecule has 0 bridgehead atoms. The summed E-state index contributed by atoms with van der Waals surface area (Å²) in [6.07, 6.45) is 0.380. The second-order valence-corrected chi connectivity index (χ2v) is 3.75. The lowest BCUT2D eigenvalue weighted by Gasteiger charge is -2.17. The number of nitrogens with zero attached hydrogens (tertiary/aromatic N) is 2. The normalized spacial score (nSPS) is 25.9. The molecule has 1 aliphatic heterocycles. The number of nitrogens with two attached hydrogens (primary N) is 1. The van der Waals surface area contributed by atoms with E-state index in [0.29, 0.717) is 19.6 Å². The van der Waals surface area contributed by atoms with Crippen LogP contribution in [0.4, 0.5) is 5.69 Å². The summed E-state index contributed by atoms with van der Waals surface area (Å²) in [4.78, 5) is 6.07. The minimum atomic E-state index is -0.667. The van der Waals surface area contributed by atoms with Gasteiger partial charge in [0.05, 0.1) is 29.8 Å². The maximum absolute atomic E-state index is 9.40. The molecule has 2 atom stereocenters. The Morgan fingerprint density at radius 1 is 1.33 bits per heavy atom. The molecular weight excluding hydrogens is 194 g/mol. The number of hydrogen-bond donors (Lipinski definition) is 3. The van der Waals surface area contributed by atoms with Gasteiger partial charge in [0.25, 0.3) is 0 Å². The van der Waals surface area contributed by atoms with Gasteiger partial charge in [-0.25, -0.2) is 0 Å². The lowest BCUT2D eigenvalue weighted by Crippen LogP contribution is -2.22. The van der Waals surface area contributed by atoms with Crippen molar-refractivity contribution < 1.29 is 10.2 Å². The quantitative estimate of drug-likeness (QED) is 0.587. The molecule has 15 heavy (non-hydrogen) atoms. The molecule has 1 fully saturated rings. The molecule has 0 amide bonds. The van der Waals surface area contributed by atoms with E-state index in [1.165, 1.54) is 0 Å². The summed E-state index contributed by atoms with van der Waals surface area (Å²) in [5.41, 5.74) is 7.18. The number of anilines is 1. The Kier molecular flexibility index (Phi) is 2.86. The number of rotatable bonds is 2. The van der Waals surface area contributed by atoms with E-state index in [4.69, 9.17) is 5.73 Å². The van der Waals surface area contributed by atoms with Crippen LogP contribution in [0.3, 0.4) is 0 Å². The molecular formula is C10H15N3O2. The van der Waals surface area contributed by atoms with E-state index in [9.17, 15) is 10.2 Å². The van der Waals surface area contributed by atoms with Gasteiger partial charge >= 0.3 is 0 Å². The molecule has 5 nitrogen and oxygen atoms in total. The molecule has 0 aromatic carbocycles. The third kappa shape index (κ3) is 2.09. The first-order valence-electron chi connectivity index (χ1n) is 4.97. The van der Waals surface area contributed by atoms with Crippen molar-refractivity contribution in [2.45, 2.75) is 18.8 Å². The van der Waals surface area contributed by atoms with Gasteiger partial charge in [-0.05, 0) is 12.1 Å². The molecule has 1 aliphatic rings. The summed E-state index contributed by atoms with van der Waals surface area (Å²) in [5, 5.41) is 18.8. The minimum absolute atomic E-state index is 0.422. The fourth-order valence-electron chi connectivity index (χ4n) is 1.70. The predicted molar refractivity (Wildman–Crippen MR) is 56.4 cm³/mol. The molecule has 5 heteroatoms. The summed E-state index contributed by atoms with van der Waals surface area (Å²) in [6.45, 7) is 1.32. The second kappa shape index (κ2) is 4.14. The second-order valence-electron chi connectivity index (χ2n) is 3.75. The maximum atomic E-state index is 9.40. The smallest absolute Gasteiger partial charge is 0.0990 e. The highest BCUT2D eigenvalue weighted by Crippen LogP contribution is 2.19. The third-order valence-electron chi connectivity index (χ3n) is 2.64. The Labute approximate surface area is 88.2 Å². The van der Waals surface area contributed by atoms with Crippen LogP contribution in [0.5, 0.6) is 0 Å². The zero-order valence-corrected chi connectivity index (χ0v) is 8.37. The molecule has 0 spiro atoms. The highest BCUT2D eigenvalue weighted by Gasteiger charge is 2.29. The zero-order valence-electron chi connectivity index (χ0n) is 8.37. The first kappa shape index (κ1) is 10.4. The van der Waals surface area contributed by atoms with Crippen LogP contribution in [0.15, 0.2) is 18.3 Å². The molecule has 0 saturated carbocycles. The van der Waals surface area contributed by atoms with Gasteiger partial charge < -0.3 is 20.8 Å². The van der Waals surface area contributed by atoms with Crippen molar-refractivity contribution in [1.82, 2.24) is 4.98 Å². The van der Waals surface area contributed by atoms with Crippen molar-refractivity contribution in [2.75, 3.05) is 18.0 Å². The molecule has 0 aliphatic carbocycles. The van der Waals surface area contributed by atoms with Gasteiger partial charge in [-0.1, -0.05) is 0 Å². The summed E-state index contributed by atoms with van der Waals surface area (Å²) >= 11 is 0. The molecule has 2 rings (SSSR count). The highest BCUT2D eigenvalue weighted by atomic mass is 16.3.